The van der Waals surface area contributed by atoms with Gasteiger partial charge in [0.2, 0.25) is 0 Å². The predicted octanol–water partition coefficient (Wildman–Crippen LogP) is 3.37. The van der Waals surface area contributed by atoms with Gasteiger partial charge in [-0.1, -0.05) is 6.07 Å². The molecule has 0 amide bonds. The van der Waals surface area contributed by atoms with Crippen molar-refractivity contribution in [2.45, 2.75) is 18.9 Å². The number of Topliss-reactive ketones (excluding diaryl/α,β-unsaturated/α-hetero) is 1. The minimum atomic E-state index is 0.115. The molecule has 0 radical (unpaired) electrons. The van der Waals surface area contributed by atoms with E-state index < -0.39 is 0 Å². The molecule has 0 bridgehead atoms. The standard InChI is InChI=1S/C19H24N2O2S/c1-23-16-8-6-15(7-9-16)18(22)14-20-13-17(19-5-4-12-24-19)21-10-2-3-11-21/h4-9,12,17,20H,2-3,10-11,13-14H2,1H3. The van der Waals surface area contributed by atoms with E-state index in [1.54, 1.807) is 18.4 Å². The first-order chi connectivity index (χ1) is 11.8. The van der Waals surface area contributed by atoms with E-state index in [1.165, 1.54) is 17.7 Å². The van der Waals surface area contributed by atoms with Crippen LogP contribution in [0.5, 0.6) is 5.75 Å². The van der Waals surface area contributed by atoms with Gasteiger partial charge in [-0.25, -0.2) is 0 Å². The van der Waals surface area contributed by atoms with Gasteiger partial charge < -0.3 is 10.1 Å². The molecule has 1 aliphatic heterocycles. The normalized spacial score (nSPS) is 16.2. The van der Waals surface area contributed by atoms with Gasteiger partial charge >= 0.3 is 0 Å². The monoisotopic (exact) mass is 344 g/mol. The largest absolute Gasteiger partial charge is 0.497 e. The molecule has 1 N–H and O–H groups in total. The van der Waals surface area contributed by atoms with Gasteiger partial charge in [0.1, 0.15) is 5.75 Å². The number of benzene rings is 1. The smallest absolute Gasteiger partial charge is 0.176 e. The summed E-state index contributed by atoms with van der Waals surface area (Å²) in [5.41, 5.74) is 0.720. The molecule has 1 aromatic carbocycles. The summed E-state index contributed by atoms with van der Waals surface area (Å²) < 4.78 is 5.13. The van der Waals surface area contributed by atoms with Crippen molar-refractivity contribution >= 4 is 17.1 Å². The van der Waals surface area contributed by atoms with E-state index in [2.05, 4.69) is 27.7 Å². The van der Waals surface area contributed by atoms with Crippen LogP contribution < -0.4 is 10.1 Å². The van der Waals surface area contributed by atoms with Gasteiger partial charge in [0.15, 0.2) is 5.78 Å². The van der Waals surface area contributed by atoms with Gasteiger partial charge in [0, 0.05) is 17.0 Å². The van der Waals surface area contributed by atoms with Gasteiger partial charge in [-0.3, -0.25) is 9.69 Å². The number of ketones is 1. The molecule has 1 aromatic heterocycles. The first kappa shape index (κ1) is 17.1. The lowest BCUT2D eigenvalue weighted by Crippen LogP contribution is -2.35. The van der Waals surface area contributed by atoms with Crippen molar-refractivity contribution in [3.05, 3.63) is 52.2 Å². The number of likely N-dealkylation sites (tertiary alicyclic amines) is 1. The summed E-state index contributed by atoms with van der Waals surface area (Å²) in [6.07, 6.45) is 2.54. The molecule has 0 aliphatic carbocycles. The van der Waals surface area contributed by atoms with Crippen molar-refractivity contribution in [3.63, 3.8) is 0 Å². The second-order valence-corrected chi connectivity index (χ2v) is 7.04. The maximum absolute atomic E-state index is 12.3. The zero-order valence-electron chi connectivity index (χ0n) is 14.0. The highest BCUT2D eigenvalue weighted by Gasteiger charge is 2.24. The third-order valence-corrected chi connectivity index (χ3v) is 5.46. The van der Waals surface area contributed by atoms with Crippen molar-refractivity contribution in [2.75, 3.05) is 33.3 Å². The maximum atomic E-state index is 12.3. The van der Waals surface area contributed by atoms with Crippen LogP contribution in [0, 0.1) is 0 Å². The number of methoxy groups -OCH3 is 1. The number of ether oxygens (including phenoxy) is 1. The number of nitrogens with one attached hydrogen (secondary N) is 1. The Hall–Kier alpha value is -1.69. The Bertz CT molecular complexity index is 634. The Morgan fingerprint density at radius 3 is 2.62 bits per heavy atom. The van der Waals surface area contributed by atoms with Crippen molar-refractivity contribution in [1.82, 2.24) is 10.2 Å². The Labute approximate surface area is 147 Å². The van der Waals surface area contributed by atoms with Crippen LogP contribution in [0.3, 0.4) is 0 Å². The summed E-state index contributed by atoms with van der Waals surface area (Å²) in [5, 5.41) is 5.49. The Morgan fingerprint density at radius 1 is 1.25 bits per heavy atom. The summed E-state index contributed by atoms with van der Waals surface area (Å²) in [5.74, 6) is 0.885. The predicted molar refractivity (Wildman–Crippen MR) is 98.1 cm³/mol. The third-order valence-electron chi connectivity index (χ3n) is 4.49. The first-order valence-electron chi connectivity index (χ1n) is 8.43. The number of hydrogen-bond donors (Lipinski definition) is 1. The number of nitrogens with zero attached hydrogens (tertiary/aromatic N) is 1. The molecule has 1 unspecified atom stereocenters. The number of rotatable bonds is 8. The van der Waals surface area contributed by atoms with E-state index in [0.29, 0.717) is 12.6 Å². The van der Waals surface area contributed by atoms with Crippen LogP contribution >= 0.6 is 11.3 Å². The van der Waals surface area contributed by atoms with Gasteiger partial charge in [-0.2, -0.15) is 0 Å². The van der Waals surface area contributed by atoms with Crippen LogP contribution in [0.4, 0.5) is 0 Å². The summed E-state index contributed by atoms with van der Waals surface area (Å²) in [6.45, 7) is 3.47. The van der Waals surface area contributed by atoms with Crippen LogP contribution in [0.15, 0.2) is 41.8 Å². The van der Waals surface area contributed by atoms with Gasteiger partial charge in [-0.05, 0) is 61.6 Å². The zero-order valence-corrected chi connectivity index (χ0v) is 14.8. The fraction of sp³-hybridized carbons (Fsp3) is 0.421. The molecule has 0 saturated carbocycles. The van der Waals surface area contributed by atoms with Crippen LogP contribution in [-0.2, 0) is 0 Å². The van der Waals surface area contributed by atoms with E-state index in [4.69, 9.17) is 4.74 Å². The van der Waals surface area contributed by atoms with E-state index >= 15 is 0 Å². The topological polar surface area (TPSA) is 41.6 Å². The van der Waals surface area contributed by atoms with Crippen LogP contribution in [-0.4, -0.2) is 44.0 Å². The Morgan fingerprint density at radius 2 is 2.00 bits per heavy atom. The summed E-state index contributed by atoms with van der Waals surface area (Å²) in [4.78, 5) is 16.2. The third kappa shape index (κ3) is 4.23. The van der Waals surface area contributed by atoms with Crippen molar-refractivity contribution < 1.29 is 9.53 Å². The number of thiophene rings is 1. The molecule has 24 heavy (non-hydrogen) atoms. The molecule has 4 nitrogen and oxygen atoms in total. The Kier molecular flexibility index (Phi) is 6.01. The second kappa shape index (κ2) is 8.42. The van der Waals surface area contributed by atoms with Crippen molar-refractivity contribution in [1.29, 1.82) is 0 Å². The van der Waals surface area contributed by atoms with Gasteiger partial charge in [-0.15, -0.1) is 11.3 Å². The molecule has 5 heteroatoms. The van der Waals surface area contributed by atoms with Gasteiger partial charge in [0.25, 0.3) is 0 Å². The Balaban J connectivity index is 1.55. The highest BCUT2D eigenvalue weighted by Crippen LogP contribution is 2.27. The van der Waals surface area contributed by atoms with Crippen molar-refractivity contribution in [3.8, 4) is 5.75 Å². The number of hydrogen-bond acceptors (Lipinski definition) is 5. The average Bonchev–Trinajstić information content (AvgIpc) is 3.32. The quantitative estimate of drug-likeness (QED) is 0.746. The fourth-order valence-corrected chi connectivity index (χ4v) is 4.01. The van der Waals surface area contributed by atoms with E-state index in [-0.39, 0.29) is 5.78 Å². The highest BCUT2D eigenvalue weighted by atomic mass is 32.1. The maximum Gasteiger partial charge on any atom is 0.176 e. The molecule has 1 saturated heterocycles. The minimum absolute atomic E-state index is 0.115. The second-order valence-electron chi connectivity index (χ2n) is 6.06. The molecule has 128 valence electrons. The van der Waals surface area contributed by atoms with E-state index in [1.807, 2.05) is 24.3 Å². The summed E-state index contributed by atoms with van der Waals surface area (Å²) >= 11 is 1.80. The first-order valence-corrected chi connectivity index (χ1v) is 9.31. The zero-order chi connectivity index (χ0) is 16.8. The molecule has 1 fully saturated rings. The van der Waals surface area contributed by atoms with Crippen LogP contribution in [0.1, 0.15) is 34.1 Å². The molecule has 1 aliphatic rings. The highest BCUT2D eigenvalue weighted by molar-refractivity contribution is 7.10. The SMILES string of the molecule is COc1ccc(C(=O)CNCC(c2cccs2)N2CCCC2)cc1. The molecular weight excluding hydrogens is 320 g/mol. The summed E-state index contributed by atoms with van der Waals surface area (Å²) in [6, 6.07) is 12.0. The minimum Gasteiger partial charge on any atom is -0.497 e. The number of carbonyl (C=O) groups excluding carboxylic acids is 1. The van der Waals surface area contributed by atoms with Crippen LogP contribution in [0.25, 0.3) is 0 Å². The van der Waals surface area contributed by atoms with Crippen molar-refractivity contribution in [2.24, 2.45) is 0 Å². The molecular formula is C19H24N2O2S. The van der Waals surface area contributed by atoms with E-state index in [9.17, 15) is 4.79 Å². The van der Waals surface area contributed by atoms with Crippen LogP contribution in [0.2, 0.25) is 0 Å². The molecule has 1 atom stereocenters. The number of carbonyl (C=O) groups is 1. The van der Waals surface area contributed by atoms with Gasteiger partial charge in [0.05, 0.1) is 19.7 Å². The average molecular weight is 344 g/mol. The molecule has 2 heterocycles. The lowest BCUT2D eigenvalue weighted by Gasteiger charge is -2.26. The fourth-order valence-electron chi connectivity index (χ4n) is 3.15. The molecule has 0 spiro atoms. The van der Waals surface area contributed by atoms with E-state index in [0.717, 1.165) is 30.9 Å². The lowest BCUT2D eigenvalue weighted by molar-refractivity contribution is 0.0987. The lowest BCUT2D eigenvalue weighted by atomic mass is 10.1. The molecule has 2 aromatic rings. The summed E-state index contributed by atoms with van der Waals surface area (Å²) in [7, 11) is 1.63. The molecule has 3 rings (SSSR count).